The molecular weight excluding hydrogens is 284 g/mol. The molecule has 0 bridgehead atoms. The number of rotatable bonds is 7. The Bertz CT molecular complexity index is 609. The van der Waals surface area contributed by atoms with Crippen molar-refractivity contribution in [2.75, 3.05) is 38.5 Å². The smallest absolute Gasteiger partial charge is 0.224 e. The van der Waals surface area contributed by atoms with E-state index in [1.54, 1.807) is 33.6 Å². The van der Waals surface area contributed by atoms with Crippen molar-refractivity contribution in [2.24, 2.45) is 0 Å². The van der Waals surface area contributed by atoms with E-state index >= 15 is 0 Å². The van der Waals surface area contributed by atoms with Crippen LogP contribution in [0.1, 0.15) is 6.92 Å². The fraction of sp³-hybridized carbons (Fsp3) is 0.333. The number of hydrogen-bond acceptors (Lipinski definition) is 7. The summed E-state index contributed by atoms with van der Waals surface area (Å²) in [7, 11) is 4.73. The van der Waals surface area contributed by atoms with Crippen LogP contribution in [0.4, 0.5) is 17.5 Å². The average Bonchev–Trinajstić information content (AvgIpc) is 2.54. The van der Waals surface area contributed by atoms with Crippen LogP contribution in [-0.4, -0.2) is 37.8 Å². The Labute approximate surface area is 129 Å². The summed E-state index contributed by atoms with van der Waals surface area (Å²) >= 11 is 0. The Morgan fingerprint density at radius 2 is 1.73 bits per heavy atom. The molecule has 0 atom stereocenters. The van der Waals surface area contributed by atoms with E-state index in [0.717, 1.165) is 12.2 Å². The minimum absolute atomic E-state index is 0.548. The molecule has 0 aliphatic heterocycles. The Morgan fingerprint density at radius 1 is 1.05 bits per heavy atom. The maximum atomic E-state index is 5.33. The van der Waals surface area contributed by atoms with Crippen LogP contribution in [0.3, 0.4) is 0 Å². The predicted molar refractivity (Wildman–Crippen MR) is 85.6 cm³/mol. The SMILES string of the molecule is CCNc1nccc(Nc2cc(OC)c(OC)c(OC)c2)n1. The van der Waals surface area contributed by atoms with Crippen molar-refractivity contribution in [1.82, 2.24) is 9.97 Å². The van der Waals surface area contributed by atoms with Crippen LogP contribution in [0.5, 0.6) is 17.2 Å². The van der Waals surface area contributed by atoms with E-state index < -0.39 is 0 Å². The van der Waals surface area contributed by atoms with E-state index in [1.165, 1.54) is 0 Å². The van der Waals surface area contributed by atoms with Gasteiger partial charge in [0.25, 0.3) is 0 Å². The standard InChI is InChI=1S/C15H20N4O3/c1-5-16-15-17-7-6-13(19-15)18-10-8-11(20-2)14(22-4)12(9-10)21-3/h6-9H,5H2,1-4H3,(H2,16,17,18,19). The summed E-state index contributed by atoms with van der Waals surface area (Å²) < 4.78 is 16.0. The lowest BCUT2D eigenvalue weighted by atomic mass is 10.2. The average molecular weight is 304 g/mol. The minimum atomic E-state index is 0.548. The quantitative estimate of drug-likeness (QED) is 0.814. The molecule has 1 aromatic heterocycles. The largest absolute Gasteiger partial charge is 0.493 e. The van der Waals surface area contributed by atoms with Crippen molar-refractivity contribution in [1.29, 1.82) is 0 Å². The van der Waals surface area contributed by atoms with Crippen LogP contribution in [0, 0.1) is 0 Å². The number of nitrogens with zero attached hydrogens (tertiary/aromatic N) is 2. The highest BCUT2D eigenvalue weighted by atomic mass is 16.5. The Kier molecular flexibility index (Phi) is 5.24. The van der Waals surface area contributed by atoms with E-state index in [1.807, 2.05) is 19.1 Å². The van der Waals surface area contributed by atoms with Gasteiger partial charge >= 0.3 is 0 Å². The lowest BCUT2D eigenvalue weighted by molar-refractivity contribution is 0.324. The first-order chi connectivity index (χ1) is 10.7. The molecule has 0 amide bonds. The van der Waals surface area contributed by atoms with Crippen LogP contribution in [0.2, 0.25) is 0 Å². The zero-order valence-corrected chi connectivity index (χ0v) is 13.1. The molecule has 0 saturated carbocycles. The molecule has 7 nitrogen and oxygen atoms in total. The van der Waals surface area contributed by atoms with Gasteiger partial charge in [-0.15, -0.1) is 0 Å². The minimum Gasteiger partial charge on any atom is -0.493 e. The van der Waals surface area contributed by atoms with Crippen molar-refractivity contribution < 1.29 is 14.2 Å². The number of ether oxygens (including phenoxy) is 3. The van der Waals surface area contributed by atoms with Crippen LogP contribution in [0.15, 0.2) is 24.4 Å². The maximum absolute atomic E-state index is 5.33. The van der Waals surface area contributed by atoms with Gasteiger partial charge in [-0.1, -0.05) is 0 Å². The van der Waals surface area contributed by atoms with Crippen molar-refractivity contribution in [3.8, 4) is 17.2 Å². The third-order valence-corrected chi connectivity index (χ3v) is 2.93. The summed E-state index contributed by atoms with van der Waals surface area (Å²) in [5, 5.41) is 6.26. The third kappa shape index (κ3) is 3.49. The molecule has 0 unspecified atom stereocenters. The van der Waals surface area contributed by atoms with Gasteiger partial charge in [0.1, 0.15) is 5.82 Å². The van der Waals surface area contributed by atoms with E-state index in [0.29, 0.717) is 29.0 Å². The van der Waals surface area contributed by atoms with Crippen LogP contribution in [0.25, 0.3) is 0 Å². The number of methoxy groups -OCH3 is 3. The lowest BCUT2D eigenvalue weighted by Crippen LogP contribution is -2.04. The molecule has 0 saturated heterocycles. The lowest BCUT2D eigenvalue weighted by Gasteiger charge is -2.15. The molecular formula is C15H20N4O3. The fourth-order valence-corrected chi connectivity index (χ4v) is 1.97. The Balaban J connectivity index is 2.31. The second kappa shape index (κ2) is 7.35. The van der Waals surface area contributed by atoms with Gasteiger partial charge in [-0.2, -0.15) is 4.98 Å². The number of benzene rings is 1. The molecule has 118 valence electrons. The molecule has 2 aromatic rings. The maximum Gasteiger partial charge on any atom is 0.224 e. The summed E-state index contributed by atoms with van der Waals surface area (Å²) in [5.41, 5.74) is 0.774. The normalized spacial score (nSPS) is 10.0. The van der Waals surface area contributed by atoms with Gasteiger partial charge < -0.3 is 24.8 Å². The monoisotopic (exact) mass is 304 g/mol. The first-order valence-electron chi connectivity index (χ1n) is 6.85. The number of aromatic nitrogens is 2. The van der Waals surface area contributed by atoms with Crippen molar-refractivity contribution in [2.45, 2.75) is 6.92 Å². The van der Waals surface area contributed by atoms with Crippen molar-refractivity contribution >= 4 is 17.5 Å². The first-order valence-corrected chi connectivity index (χ1v) is 6.85. The molecule has 7 heteroatoms. The predicted octanol–water partition coefficient (Wildman–Crippen LogP) is 2.68. The third-order valence-electron chi connectivity index (χ3n) is 2.93. The summed E-state index contributed by atoms with van der Waals surface area (Å²) in [6.45, 7) is 2.75. The molecule has 1 heterocycles. The van der Waals surface area contributed by atoms with Gasteiger partial charge in [0.2, 0.25) is 11.7 Å². The van der Waals surface area contributed by atoms with Gasteiger partial charge in [0.15, 0.2) is 11.5 Å². The van der Waals surface area contributed by atoms with E-state index in [2.05, 4.69) is 20.6 Å². The van der Waals surface area contributed by atoms with Crippen LogP contribution >= 0.6 is 0 Å². The highest BCUT2D eigenvalue weighted by Crippen LogP contribution is 2.40. The molecule has 1 aromatic carbocycles. The number of hydrogen-bond donors (Lipinski definition) is 2. The summed E-state index contributed by atoms with van der Waals surface area (Å²) in [5.74, 6) is 2.93. The Morgan fingerprint density at radius 3 is 2.27 bits per heavy atom. The van der Waals surface area contributed by atoms with E-state index in [9.17, 15) is 0 Å². The van der Waals surface area contributed by atoms with Crippen LogP contribution < -0.4 is 24.8 Å². The van der Waals surface area contributed by atoms with Gasteiger partial charge in [0, 0.05) is 30.6 Å². The summed E-state index contributed by atoms with van der Waals surface area (Å²) in [6.07, 6.45) is 1.69. The highest BCUT2D eigenvalue weighted by Gasteiger charge is 2.13. The molecule has 0 fully saturated rings. The fourth-order valence-electron chi connectivity index (χ4n) is 1.97. The first kappa shape index (κ1) is 15.7. The van der Waals surface area contributed by atoms with Gasteiger partial charge in [-0.25, -0.2) is 4.98 Å². The Hall–Kier alpha value is -2.70. The molecule has 0 aliphatic carbocycles. The van der Waals surface area contributed by atoms with Crippen molar-refractivity contribution in [3.63, 3.8) is 0 Å². The van der Waals surface area contributed by atoms with Gasteiger partial charge in [-0.3, -0.25) is 0 Å². The second-order valence-corrected chi connectivity index (χ2v) is 4.33. The molecule has 0 radical (unpaired) electrons. The van der Waals surface area contributed by atoms with Gasteiger partial charge in [0.05, 0.1) is 21.3 Å². The summed E-state index contributed by atoms with van der Waals surface area (Å²) in [6, 6.07) is 5.41. The molecule has 0 spiro atoms. The zero-order chi connectivity index (χ0) is 15.9. The molecule has 2 rings (SSSR count). The van der Waals surface area contributed by atoms with Crippen molar-refractivity contribution in [3.05, 3.63) is 24.4 Å². The van der Waals surface area contributed by atoms with E-state index in [4.69, 9.17) is 14.2 Å². The number of nitrogens with one attached hydrogen (secondary N) is 2. The van der Waals surface area contributed by atoms with Gasteiger partial charge in [-0.05, 0) is 13.0 Å². The van der Waals surface area contributed by atoms with E-state index in [-0.39, 0.29) is 0 Å². The molecule has 2 N–H and O–H groups in total. The zero-order valence-electron chi connectivity index (χ0n) is 13.1. The van der Waals surface area contributed by atoms with Crippen LogP contribution in [-0.2, 0) is 0 Å². The topological polar surface area (TPSA) is 77.5 Å². The highest BCUT2D eigenvalue weighted by molar-refractivity contribution is 5.66. The molecule has 0 aliphatic rings. The number of anilines is 3. The summed E-state index contributed by atoms with van der Waals surface area (Å²) in [4.78, 5) is 8.50. The molecule has 22 heavy (non-hydrogen) atoms. The second-order valence-electron chi connectivity index (χ2n) is 4.33.